The lowest BCUT2D eigenvalue weighted by Gasteiger charge is -2.01. The van der Waals surface area contributed by atoms with Gasteiger partial charge in [-0.1, -0.05) is 0 Å². The van der Waals surface area contributed by atoms with Crippen LogP contribution in [0, 0.1) is 10.1 Å². The molecule has 0 unspecified atom stereocenters. The third kappa shape index (κ3) is 4.12. The number of furan rings is 1. The Bertz CT molecular complexity index is 935. The fourth-order valence-electron chi connectivity index (χ4n) is 1.96. The molecule has 0 spiro atoms. The quantitative estimate of drug-likeness (QED) is 0.449. The van der Waals surface area contributed by atoms with Crippen LogP contribution in [-0.2, 0) is 6.54 Å². The van der Waals surface area contributed by atoms with Crippen molar-refractivity contribution in [1.82, 2.24) is 14.8 Å². The van der Waals surface area contributed by atoms with E-state index in [1.807, 2.05) is 0 Å². The minimum Gasteiger partial charge on any atom is -0.454 e. The van der Waals surface area contributed by atoms with Crippen molar-refractivity contribution in [3.05, 3.63) is 67.2 Å². The lowest BCUT2D eigenvalue weighted by molar-refractivity contribution is -0.390. The number of hydrogen-bond donors (Lipinski definition) is 1. The Morgan fingerprint density at radius 3 is 2.76 bits per heavy atom. The first-order valence-corrected chi connectivity index (χ1v) is 8.40. The molecule has 3 aromatic heterocycles. The summed E-state index contributed by atoms with van der Waals surface area (Å²) >= 11 is 6.33. The largest absolute Gasteiger partial charge is 0.454 e. The van der Waals surface area contributed by atoms with Crippen LogP contribution in [0.2, 0.25) is 0 Å². The summed E-state index contributed by atoms with van der Waals surface area (Å²) in [4.78, 5) is 26.4. The van der Waals surface area contributed by atoms with Crippen LogP contribution in [0.1, 0.15) is 16.3 Å². The summed E-state index contributed by atoms with van der Waals surface area (Å²) in [5.41, 5.74) is 0. The molecule has 0 aliphatic heterocycles. The molecule has 0 aliphatic carbocycles. The molecule has 9 nitrogen and oxygen atoms in total. The number of nitrogens with zero attached hydrogens (tertiary/aromatic N) is 4. The molecule has 0 bridgehead atoms. The van der Waals surface area contributed by atoms with Gasteiger partial charge in [-0.2, -0.15) is 4.68 Å². The highest BCUT2D eigenvalue weighted by molar-refractivity contribution is 9.10. The van der Waals surface area contributed by atoms with Gasteiger partial charge in [0.1, 0.15) is 22.6 Å². The zero-order valence-electron chi connectivity index (χ0n) is 12.3. The molecule has 0 atom stereocenters. The summed E-state index contributed by atoms with van der Waals surface area (Å²) in [6.07, 6.45) is 3.03. The molecule has 0 saturated carbocycles. The minimum atomic E-state index is -0.590. The van der Waals surface area contributed by atoms with Crippen LogP contribution in [0.3, 0.4) is 0 Å². The van der Waals surface area contributed by atoms with Crippen molar-refractivity contribution in [3.63, 3.8) is 0 Å². The summed E-state index contributed by atoms with van der Waals surface area (Å²) < 4.78 is 7.87. The predicted molar refractivity (Wildman–Crippen MR) is 94.3 cm³/mol. The molecule has 3 heterocycles. The smallest absolute Gasteiger partial charge is 0.404 e. The van der Waals surface area contributed by atoms with Crippen LogP contribution < -0.4 is 5.32 Å². The predicted octanol–water partition coefficient (Wildman–Crippen LogP) is 3.60. The van der Waals surface area contributed by atoms with Crippen molar-refractivity contribution in [1.29, 1.82) is 0 Å². The first-order valence-electron chi connectivity index (χ1n) is 6.81. The average molecular weight is 471 g/mol. The van der Waals surface area contributed by atoms with Crippen LogP contribution in [0.15, 0.2) is 50.0 Å². The molecule has 3 rings (SSSR count). The van der Waals surface area contributed by atoms with E-state index in [1.165, 1.54) is 16.9 Å². The lowest BCUT2D eigenvalue weighted by atomic mass is 10.4. The Morgan fingerprint density at radius 2 is 2.12 bits per heavy atom. The summed E-state index contributed by atoms with van der Waals surface area (Å²) in [6.45, 7) is 0.149. The highest BCUT2D eigenvalue weighted by Crippen LogP contribution is 2.23. The Morgan fingerprint density at radius 1 is 1.32 bits per heavy atom. The van der Waals surface area contributed by atoms with Gasteiger partial charge in [-0.15, -0.1) is 0 Å². The summed E-state index contributed by atoms with van der Waals surface area (Å²) in [6, 6.07) is 6.51. The standard InChI is InChI=1S/C14H9Br2N5O4/c15-8-1-4-12(17-5-8)18-14(22)11-3-2-9(25-11)6-20-7-10(16)13(19-20)21(23)24/h1-5,7H,6H2,(H,17,18,22). The topological polar surface area (TPSA) is 116 Å². The molecule has 0 aromatic carbocycles. The normalized spacial score (nSPS) is 10.6. The minimum absolute atomic E-state index is 0.0976. The van der Waals surface area contributed by atoms with Gasteiger partial charge >= 0.3 is 5.82 Å². The molecular formula is C14H9Br2N5O4. The Hall–Kier alpha value is -2.53. The number of carbonyl (C=O) groups is 1. The Labute approximate surface area is 157 Å². The van der Waals surface area contributed by atoms with E-state index in [-0.39, 0.29) is 22.6 Å². The zero-order valence-corrected chi connectivity index (χ0v) is 15.5. The number of carbonyl (C=O) groups excluding carboxylic acids is 1. The van der Waals surface area contributed by atoms with Gasteiger partial charge in [0.05, 0.1) is 11.3 Å². The zero-order chi connectivity index (χ0) is 18.0. The fourth-order valence-corrected chi connectivity index (χ4v) is 2.66. The molecule has 25 heavy (non-hydrogen) atoms. The van der Waals surface area contributed by atoms with Crippen LogP contribution in [0.4, 0.5) is 11.6 Å². The number of nitro groups is 1. The number of amides is 1. The second-order valence-electron chi connectivity index (χ2n) is 4.84. The molecule has 11 heteroatoms. The maximum Gasteiger partial charge on any atom is 0.404 e. The van der Waals surface area contributed by atoms with E-state index in [2.05, 4.69) is 47.3 Å². The maximum atomic E-state index is 12.1. The van der Waals surface area contributed by atoms with Crippen molar-refractivity contribution < 1.29 is 14.1 Å². The second-order valence-corrected chi connectivity index (χ2v) is 6.61. The fraction of sp³-hybridized carbons (Fsp3) is 0.0714. The first kappa shape index (κ1) is 17.3. The van der Waals surface area contributed by atoms with E-state index in [4.69, 9.17) is 4.42 Å². The van der Waals surface area contributed by atoms with Gasteiger partial charge in [0, 0.05) is 10.7 Å². The summed E-state index contributed by atoms with van der Waals surface area (Å²) in [7, 11) is 0. The van der Waals surface area contributed by atoms with Gasteiger partial charge in [-0.05, 0) is 61.0 Å². The lowest BCUT2D eigenvalue weighted by Crippen LogP contribution is -2.11. The number of anilines is 1. The van der Waals surface area contributed by atoms with E-state index in [0.29, 0.717) is 11.6 Å². The Balaban J connectivity index is 1.69. The van der Waals surface area contributed by atoms with Crippen molar-refractivity contribution in [2.24, 2.45) is 0 Å². The third-order valence-corrected chi connectivity index (χ3v) is 4.07. The second kappa shape index (κ2) is 7.15. The molecule has 0 radical (unpaired) electrons. The highest BCUT2D eigenvalue weighted by atomic mass is 79.9. The molecule has 1 amide bonds. The van der Waals surface area contributed by atoms with Crippen LogP contribution in [0.5, 0.6) is 0 Å². The number of aromatic nitrogens is 3. The molecule has 0 aliphatic rings. The number of pyridine rings is 1. The molecular weight excluding hydrogens is 462 g/mol. The molecule has 0 fully saturated rings. The van der Waals surface area contributed by atoms with Crippen molar-refractivity contribution in [2.45, 2.75) is 6.54 Å². The van der Waals surface area contributed by atoms with Crippen molar-refractivity contribution >= 4 is 49.4 Å². The van der Waals surface area contributed by atoms with Crippen molar-refractivity contribution in [3.8, 4) is 0 Å². The highest BCUT2D eigenvalue weighted by Gasteiger charge is 2.20. The molecule has 3 aromatic rings. The monoisotopic (exact) mass is 469 g/mol. The summed E-state index contributed by atoms with van der Waals surface area (Å²) in [5, 5.41) is 17.2. The van der Waals surface area contributed by atoms with Crippen LogP contribution in [-0.4, -0.2) is 25.6 Å². The van der Waals surface area contributed by atoms with Gasteiger partial charge in [0.25, 0.3) is 5.91 Å². The van der Waals surface area contributed by atoms with Gasteiger partial charge in [-0.25, -0.2) is 4.98 Å². The third-order valence-electron chi connectivity index (χ3n) is 3.04. The van der Waals surface area contributed by atoms with E-state index < -0.39 is 10.8 Å². The van der Waals surface area contributed by atoms with E-state index in [0.717, 1.165) is 4.47 Å². The maximum absolute atomic E-state index is 12.1. The Kier molecular flexibility index (Phi) is 4.95. The van der Waals surface area contributed by atoms with Crippen LogP contribution in [0.25, 0.3) is 0 Å². The summed E-state index contributed by atoms with van der Waals surface area (Å²) in [5.74, 6) is 0.177. The SMILES string of the molecule is O=C(Nc1ccc(Br)cn1)c1ccc(Cn2cc(Br)c([N+](=O)[O-])n2)o1. The van der Waals surface area contributed by atoms with Gasteiger partial charge < -0.3 is 19.8 Å². The van der Waals surface area contributed by atoms with Gasteiger partial charge in [-0.3, -0.25) is 4.79 Å². The van der Waals surface area contributed by atoms with Crippen LogP contribution >= 0.6 is 31.9 Å². The van der Waals surface area contributed by atoms with E-state index in [9.17, 15) is 14.9 Å². The molecule has 128 valence electrons. The molecule has 1 N–H and O–H groups in total. The van der Waals surface area contributed by atoms with Crippen molar-refractivity contribution in [2.75, 3.05) is 5.32 Å². The van der Waals surface area contributed by atoms with Gasteiger partial charge in [0.15, 0.2) is 5.76 Å². The number of hydrogen-bond acceptors (Lipinski definition) is 6. The molecule has 0 saturated heterocycles. The van der Waals surface area contributed by atoms with Gasteiger partial charge in [0.2, 0.25) is 0 Å². The van der Waals surface area contributed by atoms with E-state index in [1.54, 1.807) is 24.4 Å². The van der Waals surface area contributed by atoms with E-state index >= 15 is 0 Å². The number of rotatable bonds is 5. The number of nitrogens with one attached hydrogen (secondary N) is 1. The number of halogens is 2. The average Bonchev–Trinajstić information content (AvgIpc) is 3.17. The first-order chi connectivity index (χ1) is 11.9.